The maximum atomic E-state index is 13.2. The van der Waals surface area contributed by atoms with Gasteiger partial charge in [0.05, 0.1) is 11.2 Å². The van der Waals surface area contributed by atoms with E-state index >= 15 is 0 Å². The first-order valence-corrected chi connectivity index (χ1v) is 19.8. The van der Waals surface area contributed by atoms with Gasteiger partial charge in [0.25, 0.3) is 21.8 Å². The van der Waals surface area contributed by atoms with Crippen molar-refractivity contribution in [1.29, 1.82) is 0 Å². The van der Waals surface area contributed by atoms with E-state index in [0.29, 0.717) is 33.9 Å². The molecular weight excluding hydrogens is 759 g/mol. The summed E-state index contributed by atoms with van der Waals surface area (Å²) in [5.41, 5.74) is 7.48. The maximum absolute atomic E-state index is 13.2. The Kier molecular flexibility index (Phi) is 11.1. The summed E-state index contributed by atoms with van der Waals surface area (Å²) in [6, 6.07) is 35.9. The molecule has 0 radical (unpaired) electrons. The van der Waals surface area contributed by atoms with Crippen LogP contribution in [0, 0.1) is 0 Å². The fourth-order valence-electron chi connectivity index (χ4n) is 5.98. The van der Waals surface area contributed by atoms with Crippen LogP contribution in [-0.2, 0) is 26.5 Å². The highest BCUT2D eigenvalue weighted by molar-refractivity contribution is 7.93. The summed E-state index contributed by atoms with van der Waals surface area (Å²) < 4.78 is 58.2. The number of halogens is 2. The zero-order valence-electron chi connectivity index (χ0n) is 27.7. The van der Waals surface area contributed by atoms with E-state index in [9.17, 15) is 26.4 Å². The molecule has 12 nitrogen and oxygen atoms in total. The molecule has 7 rings (SSSR count). The molecule has 0 saturated carbocycles. The molecule has 2 heterocycles. The van der Waals surface area contributed by atoms with Crippen molar-refractivity contribution in [2.75, 3.05) is 11.3 Å². The molecule has 5 aromatic carbocycles. The van der Waals surface area contributed by atoms with Crippen LogP contribution in [0.4, 0.5) is 5.69 Å². The van der Waals surface area contributed by atoms with Crippen LogP contribution in [0.3, 0.4) is 0 Å². The fraction of sp³-hybridized carbons (Fsp3) is 0.0811. The molecule has 6 N–H and O–H groups in total. The van der Waals surface area contributed by atoms with Gasteiger partial charge in [-0.05, 0) is 42.0 Å². The number of aromatic nitrogens is 2. The van der Waals surface area contributed by atoms with Crippen LogP contribution in [0.15, 0.2) is 131 Å². The number of nitrogens with zero attached hydrogens (tertiary/aromatic N) is 1. The molecule has 53 heavy (non-hydrogen) atoms. The number of benzene rings is 5. The van der Waals surface area contributed by atoms with E-state index in [1.165, 1.54) is 0 Å². The van der Waals surface area contributed by atoms with Gasteiger partial charge in [0.2, 0.25) is 10.0 Å². The second-order valence-electron chi connectivity index (χ2n) is 11.8. The number of hydrogen-bond acceptors (Lipinski definition) is 6. The third kappa shape index (κ3) is 7.87. The van der Waals surface area contributed by atoms with Gasteiger partial charge in [0.1, 0.15) is 21.2 Å². The highest BCUT2D eigenvalue weighted by atomic mass is 35.5. The number of anilines is 1. The number of primary amides is 1. The molecule has 2 aromatic heterocycles. The summed E-state index contributed by atoms with van der Waals surface area (Å²) in [5.74, 6) is -1.63. The number of para-hydroxylation sites is 2. The topological polar surface area (TPSA) is 185 Å². The van der Waals surface area contributed by atoms with Gasteiger partial charge in [0.15, 0.2) is 0 Å². The van der Waals surface area contributed by atoms with Crippen molar-refractivity contribution < 1.29 is 26.4 Å². The molecule has 7 aromatic rings. The highest BCUT2D eigenvalue weighted by Crippen LogP contribution is 2.32. The van der Waals surface area contributed by atoms with Crippen LogP contribution in [0.5, 0.6) is 0 Å². The van der Waals surface area contributed by atoms with Crippen LogP contribution >= 0.6 is 23.6 Å². The standard InChI is InChI=1S/C19H14ClN3O3S.C18H18ClN3O3S/c20-22-19(24)17-18(14-9-3-4-10-15(14)21-17)27(25,26)23-16-11-5-7-12-6-1-2-8-13(12)16;19-22-15-11-5-4-10-14(15)17(16(22)18(20)23)26(24,25)21-12-6-9-13-7-2-1-3-8-13/h1-11,21,23H,(H,22,24);1-5,7-8,10-11,21H,6,9,12H2,(H2,20,23). The van der Waals surface area contributed by atoms with Gasteiger partial charge < -0.3 is 10.7 Å². The summed E-state index contributed by atoms with van der Waals surface area (Å²) in [6.07, 6.45) is 1.36. The number of amides is 2. The number of carbonyl (C=O) groups excluding carboxylic acids is 2. The molecule has 0 saturated heterocycles. The number of nitrogens with one attached hydrogen (secondary N) is 4. The predicted octanol–water partition coefficient (Wildman–Crippen LogP) is 6.66. The average Bonchev–Trinajstić information content (AvgIpc) is 3.71. The zero-order valence-corrected chi connectivity index (χ0v) is 30.9. The smallest absolute Gasteiger partial charge is 0.283 e. The normalized spacial score (nSPS) is 11.7. The van der Waals surface area contributed by atoms with E-state index in [-0.39, 0.29) is 27.7 Å². The number of fused-ring (bicyclic) bond motifs is 3. The molecule has 0 bridgehead atoms. The molecule has 0 unspecified atom stereocenters. The van der Waals surface area contributed by atoms with Gasteiger partial charge in [-0.2, -0.15) is 0 Å². The Labute approximate surface area is 315 Å². The van der Waals surface area contributed by atoms with Gasteiger partial charge in [-0.25, -0.2) is 25.6 Å². The van der Waals surface area contributed by atoms with E-state index in [2.05, 4.69) is 14.4 Å². The first-order chi connectivity index (χ1) is 25.4. The summed E-state index contributed by atoms with van der Waals surface area (Å²) in [5, 5.41) is 2.41. The minimum absolute atomic E-state index is 0.126. The third-order valence-corrected chi connectivity index (χ3v) is 11.8. The molecule has 2 amide bonds. The van der Waals surface area contributed by atoms with Gasteiger partial charge in [0, 0.05) is 51.8 Å². The van der Waals surface area contributed by atoms with E-state index in [4.69, 9.17) is 29.3 Å². The second-order valence-corrected chi connectivity index (χ2v) is 15.6. The second kappa shape index (κ2) is 15.7. The minimum atomic E-state index is -4.07. The SMILES string of the molecule is NC(=O)c1c(S(=O)(=O)NCCCc2ccccc2)c2ccccc2n1Cl.O=C(NCl)c1[nH]c2ccccc2c1S(=O)(=O)Nc1cccc2ccccc12. The summed E-state index contributed by atoms with van der Waals surface area (Å²) in [7, 11) is -8.03. The lowest BCUT2D eigenvalue weighted by molar-refractivity contribution is 0.0971. The van der Waals surface area contributed by atoms with Crippen LogP contribution < -0.4 is 20.0 Å². The Morgan fingerprint density at radius 3 is 2.06 bits per heavy atom. The monoisotopic (exact) mass is 790 g/mol. The quantitative estimate of drug-likeness (QED) is 0.0721. The predicted molar refractivity (Wildman–Crippen MR) is 208 cm³/mol. The molecule has 0 aliphatic carbocycles. The zero-order chi connectivity index (χ0) is 37.8. The molecular formula is C37H32Cl2N6O6S2. The number of aromatic amines is 1. The van der Waals surface area contributed by atoms with Crippen molar-refractivity contribution >= 4 is 93.7 Å². The maximum Gasteiger partial charge on any atom is 0.283 e. The van der Waals surface area contributed by atoms with Crippen molar-refractivity contribution in [2.24, 2.45) is 5.73 Å². The summed E-state index contributed by atoms with van der Waals surface area (Å²) >= 11 is 11.6. The molecule has 0 atom stereocenters. The van der Waals surface area contributed by atoms with Crippen molar-refractivity contribution in [1.82, 2.24) is 18.6 Å². The highest BCUT2D eigenvalue weighted by Gasteiger charge is 2.30. The average molecular weight is 792 g/mol. The van der Waals surface area contributed by atoms with E-state index in [0.717, 1.165) is 26.8 Å². The van der Waals surface area contributed by atoms with Gasteiger partial charge in [-0.1, -0.05) is 103 Å². The number of H-pyrrole nitrogens is 1. The molecule has 0 aliphatic rings. The minimum Gasteiger partial charge on any atom is -0.364 e. The summed E-state index contributed by atoms with van der Waals surface area (Å²) in [4.78, 5) is 28.4. The largest absolute Gasteiger partial charge is 0.364 e. The van der Waals surface area contributed by atoms with Crippen molar-refractivity contribution in [2.45, 2.75) is 22.6 Å². The number of carbonyl (C=O) groups is 2. The van der Waals surface area contributed by atoms with Crippen LogP contribution in [0.1, 0.15) is 33.0 Å². The van der Waals surface area contributed by atoms with Crippen molar-refractivity contribution in [3.8, 4) is 0 Å². The molecule has 0 spiro atoms. The lowest BCUT2D eigenvalue weighted by Gasteiger charge is -2.11. The molecule has 16 heteroatoms. The van der Waals surface area contributed by atoms with Crippen molar-refractivity contribution in [3.05, 3.63) is 138 Å². The van der Waals surface area contributed by atoms with E-state index in [1.54, 1.807) is 60.7 Å². The summed E-state index contributed by atoms with van der Waals surface area (Å²) in [6.45, 7) is 0.233. The van der Waals surface area contributed by atoms with Crippen molar-refractivity contribution in [3.63, 3.8) is 0 Å². The molecule has 272 valence electrons. The lowest BCUT2D eigenvalue weighted by Crippen LogP contribution is -2.28. The Balaban J connectivity index is 0.000000182. The Morgan fingerprint density at radius 1 is 0.717 bits per heavy atom. The first-order valence-electron chi connectivity index (χ1n) is 16.1. The number of sulfonamides is 2. The van der Waals surface area contributed by atoms with Crippen LogP contribution in [0.2, 0.25) is 0 Å². The number of hydrogen-bond donors (Lipinski definition) is 5. The molecule has 0 aliphatic heterocycles. The lowest BCUT2D eigenvalue weighted by atomic mass is 10.1. The van der Waals surface area contributed by atoms with Gasteiger partial charge in [-0.3, -0.25) is 19.1 Å². The third-order valence-electron chi connectivity index (χ3n) is 8.32. The Bertz CT molecular complexity index is 2690. The van der Waals surface area contributed by atoms with Crippen LogP contribution in [0.25, 0.3) is 32.6 Å². The molecule has 0 fully saturated rings. The van der Waals surface area contributed by atoms with Gasteiger partial charge in [-0.15, -0.1) is 0 Å². The number of nitrogens with two attached hydrogens (primary N) is 1. The van der Waals surface area contributed by atoms with E-state index < -0.39 is 31.9 Å². The Morgan fingerprint density at radius 2 is 1.34 bits per heavy atom. The number of aryl methyl sites for hydroxylation is 1. The van der Waals surface area contributed by atoms with Crippen LogP contribution in [-0.4, -0.2) is 44.3 Å². The fourth-order valence-corrected chi connectivity index (χ4v) is 9.36. The van der Waals surface area contributed by atoms with E-state index in [1.807, 2.05) is 65.5 Å². The Hall–Kier alpha value is -5.38. The van der Waals surface area contributed by atoms with Gasteiger partial charge >= 0.3 is 0 Å². The number of rotatable bonds is 11. The first kappa shape index (κ1) is 37.4.